The lowest BCUT2D eigenvalue weighted by molar-refractivity contribution is -0.131. The number of nitrogens with one attached hydrogen (secondary N) is 2. The molecule has 0 saturated heterocycles. The van der Waals surface area contributed by atoms with E-state index in [4.69, 9.17) is 5.11 Å². The molecule has 0 aromatic carbocycles. The zero-order valence-corrected chi connectivity index (χ0v) is 8.34. The normalized spacial score (nSPS) is 10.4. The number of rotatable bonds is 4. The summed E-state index contributed by atoms with van der Waals surface area (Å²) in [5, 5.41) is 12.2. The number of carbonyl (C=O) groups is 2. The Labute approximate surface area is 88.3 Å². The highest BCUT2D eigenvalue weighted by atomic mass is 32.1. The van der Waals surface area contributed by atoms with Crippen LogP contribution in [-0.2, 0) is 16.1 Å². The molecule has 0 radical (unpaired) electrons. The number of aromatic amines is 1. The zero-order valence-electron chi connectivity index (χ0n) is 7.52. The van der Waals surface area contributed by atoms with Gasteiger partial charge in [0.15, 0.2) is 0 Å². The van der Waals surface area contributed by atoms with Gasteiger partial charge in [-0.05, 0) is 0 Å². The average molecular weight is 228 g/mol. The van der Waals surface area contributed by atoms with Crippen molar-refractivity contribution in [3.63, 3.8) is 0 Å². The Hall–Kier alpha value is -1.89. The third-order valence-corrected chi connectivity index (χ3v) is 2.12. The number of H-pyrrole nitrogens is 1. The van der Waals surface area contributed by atoms with Crippen LogP contribution in [0, 0.1) is 0 Å². The van der Waals surface area contributed by atoms with E-state index in [-0.39, 0.29) is 11.4 Å². The maximum absolute atomic E-state index is 11.0. The fourth-order valence-corrected chi connectivity index (χ4v) is 1.37. The molecule has 6 nitrogen and oxygen atoms in total. The Morgan fingerprint density at radius 3 is 2.80 bits per heavy atom. The van der Waals surface area contributed by atoms with Crippen molar-refractivity contribution in [3.8, 4) is 0 Å². The van der Waals surface area contributed by atoms with E-state index in [9.17, 15) is 14.4 Å². The summed E-state index contributed by atoms with van der Waals surface area (Å²) in [6.45, 7) is 0.168. The molecule has 0 atom stereocenters. The van der Waals surface area contributed by atoms with Crippen molar-refractivity contribution in [1.29, 1.82) is 0 Å². The molecule has 0 aliphatic heterocycles. The van der Waals surface area contributed by atoms with Crippen LogP contribution in [-0.4, -0.2) is 22.0 Å². The smallest absolute Gasteiger partial charge is 0.328 e. The molecule has 0 fully saturated rings. The van der Waals surface area contributed by atoms with Crippen LogP contribution < -0.4 is 10.2 Å². The second kappa shape index (κ2) is 5.11. The first-order chi connectivity index (χ1) is 7.08. The van der Waals surface area contributed by atoms with Crippen molar-refractivity contribution in [2.45, 2.75) is 6.54 Å². The number of aromatic nitrogens is 1. The maximum atomic E-state index is 11.0. The summed E-state index contributed by atoms with van der Waals surface area (Å²) in [6.07, 6.45) is 1.65. The van der Waals surface area contributed by atoms with E-state index in [1.54, 1.807) is 5.38 Å². The van der Waals surface area contributed by atoms with Gasteiger partial charge in [0.2, 0.25) is 5.91 Å². The van der Waals surface area contributed by atoms with E-state index < -0.39 is 11.9 Å². The van der Waals surface area contributed by atoms with Crippen LogP contribution in [0.25, 0.3) is 0 Å². The van der Waals surface area contributed by atoms with E-state index >= 15 is 0 Å². The van der Waals surface area contributed by atoms with Gasteiger partial charge in [-0.25, -0.2) is 4.79 Å². The molecular weight excluding hydrogens is 220 g/mol. The van der Waals surface area contributed by atoms with Gasteiger partial charge in [0.1, 0.15) is 0 Å². The Morgan fingerprint density at radius 2 is 2.27 bits per heavy atom. The first-order valence-electron chi connectivity index (χ1n) is 3.93. The highest BCUT2D eigenvalue weighted by Crippen LogP contribution is 1.94. The molecule has 0 saturated carbocycles. The molecular formula is C8H8N2O4S. The fraction of sp³-hybridized carbons (Fsp3) is 0.125. The van der Waals surface area contributed by atoms with E-state index in [1.165, 1.54) is 0 Å². The van der Waals surface area contributed by atoms with Crippen LogP contribution >= 0.6 is 11.3 Å². The summed E-state index contributed by atoms with van der Waals surface area (Å²) < 4.78 is 0. The van der Waals surface area contributed by atoms with Gasteiger partial charge in [0.05, 0.1) is 6.54 Å². The molecule has 7 heteroatoms. The Bertz CT molecular complexity index is 445. The Balaban J connectivity index is 2.41. The summed E-state index contributed by atoms with van der Waals surface area (Å²) in [5.41, 5.74) is 0.585. The third kappa shape index (κ3) is 4.23. The van der Waals surface area contributed by atoms with Crippen LogP contribution in [0.5, 0.6) is 0 Å². The number of carbonyl (C=O) groups excluding carboxylic acids is 1. The number of carboxylic acids is 1. The molecule has 1 aromatic heterocycles. The van der Waals surface area contributed by atoms with Crippen molar-refractivity contribution in [2.24, 2.45) is 0 Å². The summed E-state index contributed by atoms with van der Waals surface area (Å²) in [6, 6.07) is 0. The minimum absolute atomic E-state index is 0.168. The summed E-state index contributed by atoms with van der Waals surface area (Å²) in [5.74, 6) is -1.71. The number of aliphatic carboxylic acids is 1. The highest BCUT2D eigenvalue weighted by Gasteiger charge is 1.99. The molecule has 3 N–H and O–H groups in total. The first kappa shape index (κ1) is 11.2. The van der Waals surface area contributed by atoms with Gasteiger partial charge < -0.3 is 15.4 Å². The molecule has 1 heterocycles. The van der Waals surface area contributed by atoms with Gasteiger partial charge in [0.25, 0.3) is 0 Å². The summed E-state index contributed by atoms with van der Waals surface area (Å²) in [4.78, 5) is 34.1. The van der Waals surface area contributed by atoms with Crippen LogP contribution in [0.3, 0.4) is 0 Å². The van der Waals surface area contributed by atoms with Gasteiger partial charge in [-0.2, -0.15) is 0 Å². The standard InChI is InChI=1S/C8H8N2O4S/c11-6(1-2-7(12)13)9-3-5-4-15-8(14)10-5/h1-2,4H,3H2,(H,9,11)(H,10,14)(H,12,13)/b2-1+. The lowest BCUT2D eigenvalue weighted by atomic mass is 10.4. The number of carboxylic acid groups (broad SMARTS) is 1. The SMILES string of the molecule is O=C(O)/C=C/C(=O)NCc1csc(=O)[nH]1. The lowest BCUT2D eigenvalue weighted by Crippen LogP contribution is -2.21. The van der Waals surface area contributed by atoms with Gasteiger partial charge in [0, 0.05) is 23.2 Å². The molecule has 1 amide bonds. The highest BCUT2D eigenvalue weighted by molar-refractivity contribution is 7.07. The van der Waals surface area contributed by atoms with Crippen molar-refractivity contribution >= 4 is 23.2 Å². The van der Waals surface area contributed by atoms with E-state index in [0.717, 1.165) is 23.5 Å². The molecule has 1 rings (SSSR count). The number of thiazole rings is 1. The number of hydrogen-bond donors (Lipinski definition) is 3. The van der Waals surface area contributed by atoms with Crippen molar-refractivity contribution in [3.05, 3.63) is 32.9 Å². The van der Waals surface area contributed by atoms with Crippen molar-refractivity contribution in [1.82, 2.24) is 10.3 Å². The number of hydrogen-bond acceptors (Lipinski definition) is 4. The fourth-order valence-electron chi connectivity index (χ4n) is 0.789. The van der Waals surface area contributed by atoms with E-state index in [0.29, 0.717) is 5.69 Å². The van der Waals surface area contributed by atoms with Crippen LogP contribution in [0.2, 0.25) is 0 Å². The largest absolute Gasteiger partial charge is 0.478 e. The van der Waals surface area contributed by atoms with Crippen LogP contribution in [0.4, 0.5) is 0 Å². The predicted molar refractivity (Wildman–Crippen MR) is 53.6 cm³/mol. The Kier molecular flexibility index (Phi) is 3.81. The predicted octanol–water partition coefficient (Wildman–Crippen LogP) is -0.307. The topological polar surface area (TPSA) is 99.3 Å². The molecule has 0 aliphatic rings. The lowest BCUT2D eigenvalue weighted by Gasteiger charge is -1.97. The monoisotopic (exact) mass is 228 g/mol. The minimum atomic E-state index is -1.19. The molecule has 0 unspecified atom stereocenters. The number of amides is 1. The van der Waals surface area contributed by atoms with Gasteiger partial charge in [-0.1, -0.05) is 11.3 Å². The molecule has 1 aromatic rings. The molecule has 15 heavy (non-hydrogen) atoms. The van der Waals surface area contributed by atoms with E-state index in [1.807, 2.05) is 0 Å². The molecule has 0 aliphatic carbocycles. The maximum Gasteiger partial charge on any atom is 0.328 e. The quantitative estimate of drug-likeness (QED) is 0.616. The van der Waals surface area contributed by atoms with Gasteiger partial charge >= 0.3 is 10.8 Å². The molecule has 0 bridgehead atoms. The zero-order chi connectivity index (χ0) is 11.3. The average Bonchev–Trinajstić information content (AvgIpc) is 2.58. The first-order valence-corrected chi connectivity index (χ1v) is 4.81. The van der Waals surface area contributed by atoms with Crippen LogP contribution in [0.1, 0.15) is 5.69 Å². The third-order valence-electron chi connectivity index (χ3n) is 1.40. The second-order valence-corrected chi connectivity index (χ2v) is 3.40. The van der Waals surface area contributed by atoms with Crippen molar-refractivity contribution < 1.29 is 14.7 Å². The Morgan fingerprint density at radius 1 is 1.53 bits per heavy atom. The molecule has 0 spiro atoms. The summed E-state index contributed by atoms with van der Waals surface area (Å²) >= 11 is 1.000. The van der Waals surface area contributed by atoms with Gasteiger partial charge in [-0.3, -0.25) is 9.59 Å². The van der Waals surface area contributed by atoms with Gasteiger partial charge in [-0.15, -0.1) is 0 Å². The van der Waals surface area contributed by atoms with Crippen molar-refractivity contribution in [2.75, 3.05) is 0 Å². The minimum Gasteiger partial charge on any atom is -0.478 e. The second-order valence-electron chi connectivity index (χ2n) is 2.56. The summed E-state index contributed by atoms with van der Waals surface area (Å²) in [7, 11) is 0. The molecule has 80 valence electrons. The van der Waals surface area contributed by atoms with E-state index in [2.05, 4.69) is 10.3 Å². The van der Waals surface area contributed by atoms with Crippen LogP contribution in [0.15, 0.2) is 22.3 Å².